The summed E-state index contributed by atoms with van der Waals surface area (Å²) >= 11 is 0. The Morgan fingerprint density at radius 3 is 2.42 bits per heavy atom. The van der Waals surface area contributed by atoms with Crippen LogP contribution in [-0.2, 0) is 17.7 Å². The number of hydrogen-bond acceptors (Lipinski definition) is 6. The van der Waals surface area contributed by atoms with Crippen molar-refractivity contribution in [3.05, 3.63) is 35.5 Å². The Hall–Kier alpha value is -2.71. The summed E-state index contributed by atoms with van der Waals surface area (Å²) in [7, 11) is 0. The van der Waals surface area contributed by atoms with Crippen LogP contribution < -0.4 is 15.5 Å². The third-order valence-corrected chi connectivity index (χ3v) is 5.85. The van der Waals surface area contributed by atoms with Crippen LogP contribution in [0.3, 0.4) is 0 Å². The average Bonchev–Trinajstić information content (AvgIpc) is 2.85. The standard InChI is InChI=1S/C23H32N6O2.C2H6/c1-4-24-23(30)25-18-7-5-17(6-8-18)21-26-20-15-29(16(2)3)10-9-19(20)22(27-21)28-11-13-31-14-12-28;1-2/h5-8,16H,4,9-15H2,1-3H3,(H2,24,25,30);1-2H3. The van der Waals surface area contributed by atoms with Crippen LogP contribution in [0.2, 0.25) is 0 Å². The van der Waals surface area contributed by atoms with E-state index >= 15 is 0 Å². The van der Waals surface area contributed by atoms with Crippen LogP contribution in [0.5, 0.6) is 0 Å². The molecule has 0 bridgehead atoms. The molecule has 2 aliphatic rings. The Kier molecular flexibility index (Phi) is 9.03. The van der Waals surface area contributed by atoms with E-state index in [1.807, 2.05) is 45.0 Å². The summed E-state index contributed by atoms with van der Waals surface area (Å²) in [6, 6.07) is 8.00. The van der Waals surface area contributed by atoms with E-state index in [9.17, 15) is 4.79 Å². The van der Waals surface area contributed by atoms with Gasteiger partial charge in [0, 0.05) is 55.6 Å². The van der Waals surface area contributed by atoms with Gasteiger partial charge in [-0.15, -0.1) is 0 Å². The molecule has 2 aromatic rings. The van der Waals surface area contributed by atoms with Gasteiger partial charge in [0.2, 0.25) is 0 Å². The second kappa shape index (κ2) is 12.0. The van der Waals surface area contributed by atoms with Crippen LogP contribution >= 0.6 is 0 Å². The Labute approximate surface area is 197 Å². The lowest BCUT2D eigenvalue weighted by atomic mass is 10.0. The minimum Gasteiger partial charge on any atom is -0.378 e. The number of nitrogens with zero attached hydrogens (tertiary/aromatic N) is 4. The highest BCUT2D eigenvalue weighted by atomic mass is 16.5. The van der Waals surface area contributed by atoms with Crippen molar-refractivity contribution < 1.29 is 9.53 Å². The molecule has 1 saturated heterocycles. The largest absolute Gasteiger partial charge is 0.378 e. The van der Waals surface area contributed by atoms with Crippen LogP contribution in [0, 0.1) is 0 Å². The Balaban J connectivity index is 0.00000149. The molecular formula is C25H38N6O2. The third kappa shape index (κ3) is 6.21. The Bertz CT molecular complexity index is 910. The van der Waals surface area contributed by atoms with Gasteiger partial charge < -0.3 is 20.3 Å². The summed E-state index contributed by atoms with van der Waals surface area (Å²) in [5.41, 5.74) is 4.08. The van der Waals surface area contributed by atoms with Crippen molar-refractivity contribution in [3.8, 4) is 11.4 Å². The maximum atomic E-state index is 11.8. The summed E-state index contributed by atoms with van der Waals surface area (Å²) in [6.45, 7) is 16.0. The van der Waals surface area contributed by atoms with Gasteiger partial charge in [0.25, 0.3) is 0 Å². The van der Waals surface area contributed by atoms with Gasteiger partial charge in [-0.3, -0.25) is 4.90 Å². The van der Waals surface area contributed by atoms with Crippen LogP contribution in [-0.4, -0.2) is 66.3 Å². The topological polar surface area (TPSA) is 82.6 Å². The van der Waals surface area contributed by atoms with Gasteiger partial charge in [-0.1, -0.05) is 13.8 Å². The van der Waals surface area contributed by atoms with Crippen molar-refractivity contribution >= 4 is 17.5 Å². The predicted molar refractivity (Wildman–Crippen MR) is 134 cm³/mol. The molecule has 0 atom stereocenters. The quantitative estimate of drug-likeness (QED) is 0.713. The number of rotatable bonds is 5. The van der Waals surface area contributed by atoms with Crippen LogP contribution in [0.15, 0.2) is 24.3 Å². The first-order valence-corrected chi connectivity index (χ1v) is 12.2. The molecule has 8 heteroatoms. The number of benzene rings is 1. The molecule has 2 N–H and O–H groups in total. The van der Waals surface area contributed by atoms with E-state index in [4.69, 9.17) is 14.7 Å². The van der Waals surface area contributed by atoms with E-state index in [1.165, 1.54) is 5.56 Å². The normalized spacial score (nSPS) is 16.0. The van der Waals surface area contributed by atoms with Gasteiger partial charge in [-0.2, -0.15) is 0 Å². The second-order valence-electron chi connectivity index (χ2n) is 8.27. The number of amides is 2. The minimum atomic E-state index is -0.205. The van der Waals surface area contributed by atoms with Gasteiger partial charge in [-0.25, -0.2) is 14.8 Å². The lowest BCUT2D eigenvalue weighted by molar-refractivity contribution is 0.122. The van der Waals surface area contributed by atoms with Crippen molar-refractivity contribution in [2.75, 3.05) is 49.6 Å². The minimum absolute atomic E-state index is 0.205. The van der Waals surface area contributed by atoms with Crippen LogP contribution in [0.4, 0.5) is 16.3 Å². The molecule has 180 valence electrons. The molecule has 33 heavy (non-hydrogen) atoms. The maximum absolute atomic E-state index is 11.8. The number of fused-ring (bicyclic) bond motifs is 1. The molecule has 2 aliphatic heterocycles. The lowest BCUT2D eigenvalue weighted by Gasteiger charge is -2.35. The van der Waals surface area contributed by atoms with Gasteiger partial charge in [0.05, 0.1) is 18.9 Å². The van der Waals surface area contributed by atoms with E-state index in [0.29, 0.717) is 12.6 Å². The number of hydrogen-bond donors (Lipinski definition) is 2. The molecule has 8 nitrogen and oxygen atoms in total. The zero-order valence-electron chi connectivity index (χ0n) is 20.6. The van der Waals surface area contributed by atoms with E-state index in [0.717, 1.165) is 74.4 Å². The molecule has 1 aromatic heterocycles. The van der Waals surface area contributed by atoms with Crippen molar-refractivity contribution in [3.63, 3.8) is 0 Å². The van der Waals surface area contributed by atoms with E-state index < -0.39 is 0 Å². The van der Waals surface area contributed by atoms with Crippen molar-refractivity contribution in [2.45, 2.75) is 53.6 Å². The van der Waals surface area contributed by atoms with Crippen molar-refractivity contribution in [2.24, 2.45) is 0 Å². The smallest absolute Gasteiger partial charge is 0.319 e. The number of carbonyl (C=O) groups is 1. The SMILES string of the molecule is CC.CCNC(=O)Nc1ccc(-c2nc3c(c(N4CCOCC4)n2)CCN(C(C)C)C3)cc1. The summed E-state index contributed by atoms with van der Waals surface area (Å²) in [5.74, 6) is 1.78. The van der Waals surface area contributed by atoms with Crippen molar-refractivity contribution in [1.29, 1.82) is 0 Å². The summed E-state index contributed by atoms with van der Waals surface area (Å²) in [6.07, 6.45) is 0.968. The molecule has 4 rings (SSSR count). The summed E-state index contributed by atoms with van der Waals surface area (Å²) in [4.78, 5) is 26.6. The number of anilines is 2. The predicted octanol–water partition coefficient (Wildman–Crippen LogP) is 3.91. The van der Waals surface area contributed by atoms with E-state index in [2.05, 4.69) is 34.3 Å². The van der Waals surface area contributed by atoms with Crippen molar-refractivity contribution in [1.82, 2.24) is 20.2 Å². The molecule has 0 radical (unpaired) electrons. The summed E-state index contributed by atoms with van der Waals surface area (Å²) in [5, 5.41) is 5.57. The first-order valence-electron chi connectivity index (χ1n) is 12.2. The molecule has 1 aromatic carbocycles. The second-order valence-corrected chi connectivity index (χ2v) is 8.27. The molecule has 1 fully saturated rings. The zero-order valence-corrected chi connectivity index (χ0v) is 20.6. The summed E-state index contributed by atoms with van der Waals surface area (Å²) < 4.78 is 5.56. The molecule has 2 amide bonds. The number of ether oxygens (including phenoxy) is 1. The first-order chi connectivity index (χ1) is 16.0. The Morgan fingerprint density at radius 2 is 1.79 bits per heavy atom. The average molecular weight is 455 g/mol. The van der Waals surface area contributed by atoms with Gasteiger partial charge in [-0.05, 0) is 51.5 Å². The number of aromatic nitrogens is 2. The highest BCUT2D eigenvalue weighted by Crippen LogP contribution is 2.31. The number of urea groups is 1. The lowest BCUT2D eigenvalue weighted by Crippen LogP contribution is -2.40. The monoisotopic (exact) mass is 454 g/mol. The van der Waals surface area contributed by atoms with Crippen LogP contribution in [0.25, 0.3) is 11.4 Å². The molecule has 0 spiro atoms. The highest BCUT2D eigenvalue weighted by Gasteiger charge is 2.27. The third-order valence-electron chi connectivity index (χ3n) is 5.85. The number of carbonyl (C=O) groups excluding carboxylic acids is 1. The van der Waals surface area contributed by atoms with E-state index in [1.54, 1.807) is 0 Å². The molecule has 0 saturated carbocycles. The van der Waals surface area contributed by atoms with Gasteiger partial charge in [0.15, 0.2) is 5.82 Å². The number of nitrogens with one attached hydrogen (secondary N) is 2. The molecule has 3 heterocycles. The van der Waals surface area contributed by atoms with Gasteiger partial charge in [0.1, 0.15) is 5.82 Å². The van der Waals surface area contributed by atoms with Crippen LogP contribution in [0.1, 0.15) is 45.9 Å². The molecule has 0 aliphatic carbocycles. The first kappa shape index (κ1) is 24.9. The highest BCUT2D eigenvalue weighted by molar-refractivity contribution is 5.89. The van der Waals surface area contributed by atoms with Gasteiger partial charge >= 0.3 is 6.03 Å². The fraction of sp³-hybridized carbons (Fsp3) is 0.560. The fourth-order valence-corrected chi connectivity index (χ4v) is 4.08. The maximum Gasteiger partial charge on any atom is 0.319 e. The fourth-order valence-electron chi connectivity index (χ4n) is 4.08. The zero-order chi connectivity index (χ0) is 23.8. The Morgan fingerprint density at radius 1 is 1.09 bits per heavy atom. The molecule has 0 unspecified atom stereocenters. The molecular weight excluding hydrogens is 416 g/mol. The number of morpholine rings is 1. The van der Waals surface area contributed by atoms with E-state index in [-0.39, 0.29) is 6.03 Å².